The van der Waals surface area contributed by atoms with Crippen molar-refractivity contribution >= 4 is 5.91 Å². The Hall–Kier alpha value is -1.62. The van der Waals surface area contributed by atoms with Crippen LogP contribution in [0.3, 0.4) is 0 Å². The molecule has 4 N–H and O–H groups in total. The van der Waals surface area contributed by atoms with E-state index >= 15 is 0 Å². The topological polar surface area (TPSA) is 88.0 Å². The summed E-state index contributed by atoms with van der Waals surface area (Å²) >= 11 is 0. The van der Waals surface area contributed by atoms with Crippen LogP contribution < -0.4 is 16.5 Å². The molecule has 5 heteroatoms. The van der Waals surface area contributed by atoms with Gasteiger partial charge in [0.2, 0.25) is 0 Å². The van der Waals surface area contributed by atoms with Crippen LogP contribution in [0.2, 0.25) is 0 Å². The Morgan fingerprint density at radius 3 is 2.58 bits per heavy atom. The lowest BCUT2D eigenvalue weighted by molar-refractivity contribution is 0.0946. The van der Waals surface area contributed by atoms with E-state index in [2.05, 4.69) is 24.1 Å². The summed E-state index contributed by atoms with van der Waals surface area (Å²) in [4.78, 5) is 26.4. The first-order chi connectivity index (χ1) is 8.99. The molecule has 19 heavy (non-hydrogen) atoms. The normalized spacial score (nSPS) is 12.5. The molecule has 106 valence electrons. The van der Waals surface area contributed by atoms with Gasteiger partial charge in [0.1, 0.15) is 5.56 Å². The number of pyridine rings is 1. The third-order valence-electron chi connectivity index (χ3n) is 3.45. The van der Waals surface area contributed by atoms with Crippen molar-refractivity contribution in [3.63, 3.8) is 0 Å². The third kappa shape index (κ3) is 4.21. The van der Waals surface area contributed by atoms with Crippen molar-refractivity contribution in [2.45, 2.75) is 39.7 Å². The fourth-order valence-electron chi connectivity index (χ4n) is 2.12. The largest absolute Gasteiger partial charge is 0.364 e. The maximum atomic E-state index is 11.9. The minimum atomic E-state index is -0.373. The molecule has 1 unspecified atom stereocenters. The predicted molar refractivity (Wildman–Crippen MR) is 76.2 cm³/mol. The number of aromatic amines is 1. The Balaban J connectivity index is 2.63. The Kier molecular flexibility index (Phi) is 5.76. The van der Waals surface area contributed by atoms with Crippen LogP contribution in [0.4, 0.5) is 0 Å². The molecule has 1 rings (SSSR count). The summed E-state index contributed by atoms with van der Waals surface area (Å²) in [5.41, 5.74) is 6.61. The molecular formula is C14H23N3O2. The van der Waals surface area contributed by atoms with Crippen molar-refractivity contribution in [2.75, 3.05) is 6.54 Å². The fraction of sp³-hybridized carbons (Fsp3) is 0.571. The lowest BCUT2D eigenvalue weighted by Gasteiger charge is -2.21. The van der Waals surface area contributed by atoms with Crippen molar-refractivity contribution < 1.29 is 4.79 Å². The fourth-order valence-corrected chi connectivity index (χ4v) is 2.12. The number of hydrogen-bond donors (Lipinski definition) is 3. The summed E-state index contributed by atoms with van der Waals surface area (Å²) in [6.07, 6.45) is 3.41. The molecule has 1 heterocycles. The highest BCUT2D eigenvalue weighted by Crippen LogP contribution is 2.10. The van der Waals surface area contributed by atoms with E-state index in [1.807, 2.05) is 0 Å². The van der Waals surface area contributed by atoms with Crippen LogP contribution in [0.15, 0.2) is 17.1 Å². The van der Waals surface area contributed by atoms with E-state index in [0.29, 0.717) is 12.5 Å². The average Bonchev–Trinajstić information content (AvgIpc) is 2.37. The van der Waals surface area contributed by atoms with Crippen LogP contribution in [0.5, 0.6) is 0 Å². The van der Waals surface area contributed by atoms with Crippen LogP contribution >= 0.6 is 0 Å². The van der Waals surface area contributed by atoms with Gasteiger partial charge in [0, 0.05) is 30.5 Å². The van der Waals surface area contributed by atoms with E-state index in [-0.39, 0.29) is 22.9 Å². The average molecular weight is 265 g/mol. The second-order valence-corrected chi connectivity index (χ2v) is 4.84. The zero-order chi connectivity index (χ0) is 14.4. The Morgan fingerprint density at radius 2 is 2.05 bits per heavy atom. The lowest BCUT2D eigenvalue weighted by Crippen LogP contribution is -2.42. The number of nitrogens with one attached hydrogen (secondary N) is 2. The van der Waals surface area contributed by atoms with Gasteiger partial charge in [-0.05, 0) is 12.8 Å². The molecule has 0 fully saturated rings. The van der Waals surface area contributed by atoms with Crippen molar-refractivity contribution in [1.29, 1.82) is 0 Å². The molecule has 0 aliphatic heterocycles. The molecule has 0 aliphatic rings. The number of hydrogen-bond acceptors (Lipinski definition) is 3. The molecule has 0 aromatic carbocycles. The molecule has 1 atom stereocenters. The van der Waals surface area contributed by atoms with Crippen molar-refractivity contribution in [3.8, 4) is 0 Å². The molecule has 0 spiro atoms. The number of rotatable bonds is 6. The van der Waals surface area contributed by atoms with Gasteiger partial charge >= 0.3 is 0 Å². The minimum Gasteiger partial charge on any atom is -0.364 e. The Bertz CT molecular complexity index is 478. The second kappa shape index (κ2) is 7.09. The Labute approximate surface area is 113 Å². The van der Waals surface area contributed by atoms with Gasteiger partial charge in [-0.1, -0.05) is 26.7 Å². The van der Waals surface area contributed by atoms with Gasteiger partial charge < -0.3 is 16.0 Å². The molecule has 1 aromatic rings. The molecule has 0 saturated carbocycles. The first kappa shape index (κ1) is 15.4. The summed E-state index contributed by atoms with van der Waals surface area (Å²) in [5.74, 6) is 0.0132. The summed E-state index contributed by atoms with van der Waals surface area (Å²) < 4.78 is 0. The van der Waals surface area contributed by atoms with Crippen LogP contribution in [0.25, 0.3) is 0 Å². The maximum absolute atomic E-state index is 11.9. The molecule has 0 aliphatic carbocycles. The van der Waals surface area contributed by atoms with E-state index in [1.54, 1.807) is 6.92 Å². The number of carbonyl (C=O) groups excluding carboxylic acids is 1. The lowest BCUT2D eigenvalue weighted by atomic mass is 9.95. The summed E-state index contributed by atoms with van der Waals surface area (Å²) in [6.45, 7) is 6.33. The highest BCUT2D eigenvalue weighted by Gasteiger charge is 2.16. The molecule has 1 aromatic heterocycles. The van der Waals surface area contributed by atoms with E-state index in [0.717, 1.165) is 18.5 Å². The third-order valence-corrected chi connectivity index (χ3v) is 3.45. The number of aromatic nitrogens is 1. The maximum Gasteiger partial charge on any atom is 0.256 e. The van der Waals surface area contributed by atoms with Gasteiger partial charge in [0.25, 0.3) is 5.91 Å². The van der Waals surface area contributed by atoms with Gasteiger partial charge in [-0.2, -0.15) is 0 Å². The molecule has 1 amide bonds. The first-order valence-corrected chi connectivity index (χ1v) is 6.72. The predicted octanol–water partition coefficient (Wildman–Crippen LogP) is 1.18. The summed E-state index contributed by atoms with van der Waals surface area (Å²) in [7, 11) is 0. The van der Waals surface area contributed by atoms with Crippen molar-refractivity contribution in [2.24, 2.45) is 11.7 Å². The number of carbonyl (C=O) groups is 1. The highest BCUT2D eigenvalue weighted by molar-refractivity contribution is 5.93. The van der Waals surface area contributed by atoms with Crippen LogP contribution in [0.1, 0.15) is 42.7 Å². The van der Waals surface area contributed by atoms with E-state index in [1.165, 1.54) is 12.3 Å². The zero-order valence-corrected chi connectivity index (χ0v) is 11.8. The van der Waals surface area contributed by atoms with Crippen LogP contribution in [-0.2, 0) is 0 Å². The van der Waals surface area contributed by atoms with E-state index in [4.69, 9.17) is 5.73 Å². The molecular weight excluding hydrogens is 242 g/mol. The quantitative estimate of drug-likeness (QED) is 0.721. The van der Waals surface area contributed by atoms with E-state index < -0.39 is 0 Å². The second-order valence-electron chi connectivity index (χ2n) is 4.84. The number of H-pyrrole nitrogens is 1. The summed E-state index contributed by atoms with van der Waals surface area (Å²) in [6, 6.07) is 1.33. The van der Waals surface area contributed by atoms with Gasteiger partial charge in [-0.15, -0.1) is 0 Å². The molecule has 0 bridgehead atoms. The smallest absolute Gasteiger partial charge is 0.256 e. The number of amides is 1. The van der Waals surface area contributed by atoms with Crippen LogP contribution in [-0.4, -0.2) is 23.5 Å². The monoisotopic (exact) mass is 265 g/mol. The highest BCUT2D eigenvalue weighted by atomic mass is 16.2. The van der Waals surface area contributed by atoms with Gasteiger partial charge in [-0.3, -0.25) is 9.59 Å². The van der Waals surface area contributed by atoms with Gasteiger partial charge in [0.05, 0.1) is 0 Å². The molecule has 0 radical (unpaired) electrons. The van der Waals surface area contributed by atoms with Gasteiger partial charge in [0.15, 0.2) is 5.43 Å². The SMILES string of the molecule is CCC(CC)C(N)CNC(=O)c1c[nH]c(C)cc1=O. The molecule has 0 saturated heterocycles. The van der Waals surface area contributed by atoms with Gasteiger partial charge in [-0.25, -0.2) is 0 Å². The first-order valence-electron chi connectivity index (χ1n) is 6.72. The number of aryl methyl sites for hydroxylation is 1. The van der Waals surface area contributed by atoms with Crippen molar-refractivity contribution in [1.82, 2.24) is 10.3 Å². The van der Waals surface area contributed by atoms with E-state index in [9.17, 15) is 9.59 Å². The van der Waals surface area contributed by atoms with Crippen LogP contribution in [0, 0.1) is 12.8 Å². The Morgan fingerprint density at radius 1 is 1.42 bits per heavy atom. The zero-order valence-electron chi connectivity index (χ0n) is 11.8. The minimum absolute atomic E-state index is 0.0801. The van der Waals surface area contributed by atoms with Crippen molar-refractivity contribution in [3.05, 3.63) is 33.7 Å². The molecule has 5 nitrogen and oxygen atoms in total. The standard InChI is InChI=1S/C14H23N3O2/c1-4-10(5-2)12(15)8-17-14(19)11-7-16-9(3)6-13(11)18/h6-7,10,12H,4-5,8,15H2,1-3H3,(H,16,18)(H,17,19). The summed E-state index contributed by atoms with van der Waals surface area (Å²) in [5, 5.41) is 2.72. The number of nitrogens with two attached hydrogens (primary N) is 1.